The molecular weight excluding hydrogens is 453 g/mol. The molecule has 186 valence electrons. The van der Waals surface area contributed by atoms with Crippen LogP contribution in [0.4, 0.5) is 13.2 Å². The van der Waals surface area contributed by atoms with Gasteiger partial charge in [0.05, 0.1) is 6.04 Å². The molecule has 0 radical (unpaired) electrons. The fourth-order valence-electron chi connectivity index (χ4n) is 5.05. The molecule has 4 nitrogen and oxygen atoms in total. The number of halogens is 3. The Bertz CT molecular complexity index is 1150. The summed E-state index contributed by atoms with van der Waals surface area (Å²) in [7, 11) is 2.40. The van der Waals surface area contributed by atoms with Gasteiger partial charge in [0.2, 0.25) is 0 Å². The molecule has 1 fully saturated rings. The summed E-state index contributed by atoms with van der Waals surface area (Å²) in [5, 5.41) is 2.01. The van der Waals surface area contributed by atoms with Crippen LogP contribution in [0.5, 0.6) is 0 Å². The van der Waals surface area contributed by atoms with Crippen LogP contribution in [0.2, 0.25) is 0 Å². The fraction of sp³-hybridized carbons (Fsp3) is 0.393. The van der Waals surface area contributed by atoms with E-state index in [1.165, 1.54) is 36.2 Å². The van der Waals surface area contributed by atoms with E-state index in [2.05, 4.69) is 4.90 Å². The van der Waals surface area contributed by atoms with Crippen molar-refractivity contribution in [3.05, 3.63) is 83.9 Å². The van der Waals surface area contributed by atoms with Crippen molar-refractivity contribution in [3.8, 4) is 0 Å². The van der Waals surface area contributed by atoms with E-state index >= 15 is 0 Å². The van der Waals surface area contributed by atoms with E-state index in [1.807, 2.05) is 42.5 Å². The van der Waals surface area contributed by atoms with Crippen LogP contribution >= 0.6 is 0 Å². The molecule has 0 N–H and O–H groups in total. The van der Waals surface area contributed by atoms with Gasteiger partial charge in [-0.25, -0.2) is 0 Å². The molecule has 7 heteroatoms. The van der Waals surface area contributed by atoms with Gasteiger partial charge in [-0.3, -0.25) is 4.79 Å². The second-order valence-corrected chi connectivity index (χ2v) is 9.15. The first-order chi connectivity index (χ1) is 16.8. The molecule has 1 aliphatic rings. The zero-order chi connectivity index (χ0) is 25.1. The summed E-state index contributed by atoms with van der Waals surface area (Å²) in [6.45, 7) is 2.17. The number of carbonyl (C=O) groups excluding carboxylic acids is 1. The minimum absolute atomic E-state index is 0.234. The van der Waals surface area contributed by atoms with E-state index < -0.39 is 23.7 Å². The van der Waals surface area contributed by atoms with Crippen LogP contribution in [0, 0.1) is 0 Å². The average molecular weight is 485 g/mol. The second kappa shape index (κ2) is 10.4. The van der Waals surface area contributed by atoms with E-state index in [4.69, 9.17) is 4.74 Å². The Morgan fingerprint density at radius 2 is 1.57 bits per heavy atom. The van der Waals surface area contributed by atoms with Gasteiger partial charge in [0.1, 0.15) is 0 Å². The summed E-state index contributed by atoms with van der Waals surface area (Å²) in [5.74, 6) is -1.13. The molecule has 1 saturated heterocycles. The van der Waals surface area contributed by atoms with Crippen LogP contribution in [-0.2, 0) is 15.1 Å². The molecule has 1 heterocycles. The molecule has 0 bridgehead atoms. The number of ether oxygens (including phenoxy) is 1. The maximum absolute atomic E-state index is 14.6. The van der Waals surface area contributed by atoms with Crippen LogP contribution in [0.1, 0.15) is 36.4 Å². The summed E-state index contributed by atoms with van der Waals surface area (Å²) in [5.41, 5.74) is -2.53. The lowest BCUT2D eigenvalue weighted by atomic mass is 9.89. The summed E-state index contributed by atoms with van der Waals surface area (Å²) in [6.07, 6.45) is -1.73. The Morgan fingerprint density at radius 3 is 2.20 bits per heavy atom. The number of rotatable bonds is 7. The lowest BCUT2D eigenvalue weighted by molar-refractivity contribution is -0.270. The number of benzene rings is 3. The van der Waals surface area contributed by atoms with Gasteiger partial charge in [-0.05, 0) is 48.3 Å². The number of piperidine rings is 1. The summed E-state index contributed by atoms with van der Waals surface area (Å²) in [6, 6.07) is 20.2. The summed E-state index contributed by atoms with van der Waals surface area (Å²) in [4.78, 5) is 17.3. The van der Waals surface area contributed by atoms with Crippen molar-refractivity contribution in [2.24, 2.45) is 0 Å². The standard InChI is InChI=1S/C28H31F3N2O2/c1-32(26(34)27(35-2,28(29,30)31)24-13-5-3-6-14-24)25(20-33-17-9-4-10-18-33)23-16-15-21-11-7-8-12-22(21)19-23/h3,5-8,11-16,19,25H,4,9-10,17-18,20H2,1-2H3/t25-,27?/m0/s1. The third-order valence-corrected chi connectivity index (χ3v) is 7.01. The van der Waals surface area contributed by atoms with Gasteiger partial charge in [0, 0.05) is 26.3 Å². The fourth-order valence-corrected chi connectivity index (χ4v) is 5.05. The quantitative estimate of drug-likeness (QED) is 0.417. The van der Waals surface area contributed by atoms with E-state index in [0.29, 0.717) is 6.54 Å². The van der Waals surface area contributed by atoms with Gasteiger partial charge in [-0.15, -0.1) is 0 Å². The lowest BCUT2D eigenvalue weighted by Crippen LogP contribution is -2.57. The number of nitrogens with zero attached hydrogens (tertiary/aromatic N) is 2. The Kier molecular flexibility index (Phi) is 7.47. The van der Waals surface area contributed by atoms with E-state index in [0.717, 1.165) is 55.8 Å². The Morgan fingerprint density at radius 1 is 0.943 bits per heavy atom. The second-order valence-electron chi connectivity index (χ2n) is 9.15. The molecule has 35 heavy (non-hydrogen) atoms. The zero-order valence-corrected chi connectivity index (χ0v) is 20.1. The number of hydrogen-bond acceptors (Lipinski definition) is 3. The molecule has 0 saturated carbocycles. The van der Waals surface area contributed by atoms with Gasteiger partial charge in [0.15, 0.2) is 0 Å². The third-order valence-electron chi connectivity index (χ3n) is 7.01. The molecule has 0 spiro atoms. The van der Waals surface area contributed by atoms with Gasteiger partial charge in [-0.2, -0.15) is 13.2 Å². The molecular formula is C28H31F3N2O2. The largest absolute Gasteiger partial charge is 0.430 e. The zero-order valence-electron chi connectivity index (χ0n) is 20.1. The first-order valence-corrected chi connectivity index (χ1v) is 11.9. The maximum atomic E-state index is 14.6. The van der Waals surface area contributed by atoms with E-state index in [1.54, 1.807) is 6.07 Å². The van der Waals surface area contributed by atoms with E-state index in [-0.39, 0.29) is 5.56 Å². The minimum atomic E-state index is -4.95. The van der Waals surface area contributed by atoms with Crippen molar-refractivity contribution in [2.45, 2.75) is 37.1 Å². The SMILES string of the molecule is COC(C(=O)N(C)[C@@H](CN1CCCCC1)c1ccc2ccccc2c1)(c1ccccc1)C(F)(F)F. The number of amides is 1. The monoisotopic (exact) mass is 484 g/mol. The van der Waals surface area contributed by atoms with Crippen LogP contribution < -0.4 is 0 Å². The summed E-state index contributed by atoms with van der Waals surface area (Å²) < 4.78 is 49.0. The Balaban J connectivity index is 1.78. The van der Waals surface area contributed by atoms with Crippen LogP contribution in [0.15, 0.2) is 72.8 Å². The number of alkyl halides is 3. The number of methoxy groups -OCH3 is 1. The molecule has 4 rings (SSSR count). The van der Waals surface area contributed by atoms with Crippen molar-refractivity contribution in [1.29, 1.82) is 0 Å². The average Bonchev–Trinajstić information content (AvgIpc) is 2.87. The smallest absolute Gasteiger partial charge is 0.356 e. The van der Waals surface area contributed by atoms with Crippen molar-refractivity contribution >= 4 is 16.7 Å². The predicted molar refractivity (Wildman–Crippen MR) is 131 cm³/mol. The predicted octanol–water partition coefficient (Wildman–Crippen LogP) is 5.93. The highest BCUT2D eigenvalue weighted by molar-refractivity contribution is 5.88. The highest BCUT2D eigenvalue weighted by atomic mass is 19.4. The van der Waals surface area contributed by atoms with Gasteiger partial charge >= 0.3 is 6.18 Å². The molecule has 1 unspecified atom stereocenters. The topological polar surface area (TPSA) is 32.8 Å². The van der Waals surface area contributed by atoms with Crippen LogP contribution in [-0.4, -0.2) is 55.7 Å². The number of hydrogen-bond donors (Lipinski definition) is 0. The van der Waals surface area contributed by atoms with Crippen LogP contribution in [0.3, 0.4) is 0 Å². The van der Waals surface area contributed by atoms with Crippen molar-refractivity contribution in [1.82, 2.24) is 9.80 Å². The Hall–Kier alpha value is -2.90. The van der Waals surface area contributed by atoms with Crippen LogP contribution in [0.25, 0.3) is 10.8 Å². The molecule has 3 aromatic rings. The molecule has 2 atom stereocenters. The molecule has 1 amide bonds. The van der Waals surface area contributed by atoms with Gasteiger partial charge < -0.3 is 14.5 Å². The molecule has 0 aliphatic carbocycles. The molecule has 1 aliphatic heterocycles. The van der Waals surface area contributed by atoms with Gasteiger partial charge in [-0.1, -0.05) is 73.2 Å². The van der Waals surface area contributed by atoms with Crippen molar-refractivity contribution in [2.75, 3.05) is 33.8 Å². The van der Waals surface area contributed by atoms with Crippen molar-refractivity contribution in [3.63, 3.8) is 0 Å². The molecule has 3 aromatic carbocycles. The lowest BCUT2D eigenvalue weighted by Gasteiger charge is -2.41. The van der Waals surface area contributed by atoms with E-state index in [9.17, 15) is 18.0 Å². The van der Waals surface area contributed by atoms with Crippen molar-refractivity contribution < 1.29 is 22.7 Å². The number of likely N-dealkylation sites (N-methyl/N-ethyl adjacent to an activating group) is 1. The Labute approximate surface area is 204 Å². The molecule has 0 aromatic heterocycles. The number of fused-ring (bicyclic) bond motifs is 1. The highest BCUT2D eigenvalue weighted by Crippen LogP contribution is 2.44. The number of carbonyl (C=O) groups is 1. The maximum Gasteiger partial charge on any atom is 0.430 e. The summed E-state index contributed by atoms with van der Waals surface area (Å²) >= 11 is 0. The first kappa shape index (κ1) is 25.2. The minimum Gasteiger partial charge on any atom is -0.356 e. The highest BCUT2D eigenvalue weighted by Gasteiger charge is 2.64. The van der Waals surface area contributed by atoms with Gasteiger partial charge in [0.25, 0.3) is 11.5 Å². The normalized spacial score (nSPS) is 17.6. The number of likely N-dealkylation sites (tertiary alicyclic amines) is 1. The third kappa shape index (κ3) is 4.93. The first-order valence-electron chi connectivity index (χ1n) is 11.9.